The molecule has 0 aromatic carbocycles. The first-order valence-corrected chi connectivity index (χ1v) is 4.14. The van der Waals surface area contributed by atoms with Crippen LogP contribution in [0.5, 0.6) is 0 Å². The first kappa shape index (κ1) is 8.75. The molecule has 11 heavy (non-hydrogen) atoms. The van der Waals surface area contributed by atoms with Gasteiger partial charge in [-0.1, -0.05) is 13.0 Å². The Balaban J connectivity index is 2.48. The molecule has 1 heterocycles. The summed E-state index contributed by atoms with van der Waals surface area (Å²) in [7, 11) is 0. The van der Waals surface area contributed by atoms with E-state index in [1.165, 1.54) is 0 Å². The summed E-state index contributed by atoms with van der Waals surface area (Å²) in [5, 5.41) is 8.97. The van der Waals surface area contributed by atoms with Gasteiger partial charge in [0.25, 0.3) is 0 Å². The second-order valence-corrected chi connectivity index (χ2v) is 3.16. The van der Waals surface area contributed by atoms with Gasteiger partial charge in [0.15, 0.2) is 0 Å². The van der Waals surface area contributed by atoms with Crippen LogP contribution in [0.3, 0.4) is 0 Å². The number of aliphatic hydroxyl groups excluding tert-OH is 1. The van der Waals surface area contributed by atoms with Crippen LogP contribution >= 0.6 is 0 Å². The van der Waals surface area contributed by atoms with E-state index in [1.54, 1.807) is 0 Å². The number of hydrogen-bond donors (Lipinski definition) is 1. The fourth-order valence-electron chi connectivity index (χ4n) is 1.57. The molecule has 64 valence electrons. The average molecular weight is 156 g/mol. The predicted octanol–water partition coefficient (Wildman–Crippen LogP) is 1.21. The van der Waals surface area contributed by atoms with Crippen molar-refractivity contribution in [3.63, 3.8) is 0 Å². The largest absolute Gasteiger partial charge is 0.396 e. The molecular weight excluding hydrogens is 140 g/mol. The Hall–Kier alpha value is -0.340. The number of rotatable bonds is 3. The summed E-state index contributed by atoms with van der Waals surface area (Å²) in [6.07, 6.45) is 3.07. The highest BCUT2D eigenvalue weighted by molar-refractivity contribution is 4.88. The quantitative estimate of drug-likeness (QED) is 0.622. The third-order valence-corrected chi connectivity index (χ3v) is 2.39. The second kappa shape index (κ2) is 3.88. The van der Waals surface area contributed by atoms with Gasteiger partial charge in [0.05, 0.1) is 6.10 Å². The molecule has 0 spiro atoms. The number of aliphatic hydroxyl groups is 1. The van der Waals surface area contributed by atoms with Gasteiger partial charge >= 0.3 is 0 Å². The van der Waals surface area contributed by atoms with Crippen LogP contribution < -0.4 is 0 Å². The Morgan fingerprint density at radius 1 is 1.82 bits per heavy atom. The van der Waals surface area contributed by atoms with Crippen molar-refractivity contribution < 1.29 is 9.84 Å². The molecule has 0 amide bonds. The first-order valence-electron chi connectivity index (χ1n) is 4.14. The monoisotopic (exact) mass is 156 g/mol. The summed E-state index contributed by atoms with van der Waals surface area (Å²) in [5.41, 5.74) is 0. The van der Waals surface area contributed by atoms with Crippen LogP contribution in [0.2, 0.25) is 0 Å². The Morgan fingerprint density at radius 2 is 2.55 bits per heavy atom. The zero-order chi connectivity index (χ0) is 8.27. The van der Waals surface area contributed by atoms with Gasteiger partial charge in [-0.05, 0) is 6.42 Å². The molecular formula is C9H16O2. The molecule has 1 aliphatic heterocycles. The van der Waals surface area contributed by atoms with Crippen molar-refractivity contribution in [1.29, 1.82) is 0 Å². The summed E-state index contributed by atoms with van der Waals surface area (Å²) in [6, 6.07) is 0. The molecule has 1 saturated heterocycles. The molecule has 1 aliphatic rings. The summed E-state index contributed by atoms with van der Waals surface area (Å²) in [4.78, 5) is 0. The van der Waals surface area contributed by atoms with E-state index in [4.69, 9.17) is 9.84 Å². The van der Waals surface area contributed by atoms with E-state index < -0.39 is 0 Å². The second-order valence-electron chi connectivity index (χ2n) is 3.16. The average Bonchev–Trinajstić information content (AvgIpc) is 2.50. The molecule has 2 heteroatoms. The minimum absolute atomic E-state index is 0.192. The zero-order valence-electron chi connectivity index (χ0n) is 6.99. The van der Waals surface area contributed by atoms with Crippen LogP contribution in [0.25, 0.3) is 0 Å². The summed E-state index contributed by atoms with van der Waals surface area (Å²) >= 11 is 0. The van der Waals surface area contributed by atoms with Crippen molar-refractivity contribution in [1.82, 2.24) is 0 Å². The van der Waals surface area contributed by atoms with E-state index in [0.29, 0.717) is 11.8 Å². The van der Waals surface area contributed by atoms with Gasteiger partial charge in [0, 0.05) is 25.0 Å². The highest BCUT2D eigenvalue weighted by atomic mass is 16.5. The molecule has 0 aromatic heterocycles. The van der Waals surface area contributed by atoms with Gasteiger partial charge in [-0.2, -0.15) is 0 Å². The number of ether oxygens (including phenoxy) is 1. The lowest BCUT2D eigenvalue weighted by Crippen LogP contribution is -2.25. The molecule has 0 aromatic rings. The van der Waals surface area contributed by atoms with Gasteiger partial charge in [-0.15, -0.1) is 6.58 Å². The van der Waals surface area contributed by atoms with E-state index in [9.17, 15) is 0 Å². The topological polar surface area (TPSA) is 29.5 Å². The maximum atomic E-state index is 8.97. The Kier molecular flexibility index (Phi) is 3.09. The fraction of sp³-hybridized carbons (Fsp3) is 0.778. The van der Waals surface area contributed by atoms with Crippen LogP contribution in [-0.2, 0) is 4.74 Å². The van der Waals surface area contributed by atoms with Crippen molar-refractivity contribution in [3.8, 4) is 0 Å². The van der Waals surface area contributed by atoms with Crippen LogP contribution in [0.1, 0.15) is 13.3 Å². The Morgan fingerprint density at radius 3 is 3.09 bits per heavy atom. The molecule has 0 saturated carbocycles. The minimum atomic E-state index is 0.192. The lowest BCUT2D eigenvalue weighted by molar-refractivity contribution is 0.0470. The highest BCUT2D eigenvalue weighted by Gasteiger charge is 2.30. The van der Waals surface area contributed by atoms with E-state index in [0.717, 1.165) is 13.0 Å². The van der Waals surface area contributed by atoms with Gasteiger partial charge in [0.1, 0.15) is 0 Å². The smallest absolute Gasteiger partial charge is 0.0685 e. The van der Waals surface area contributed by atoms with Crippen molar-refractivity contribution in [2.75, 3.05) is 13.2 Å². The van der Waals surface area contributed by atoms with Gasteiger partial charge in [-0.3, -0.25) is 0 Å². The van der Waals surface area contributed by atoms with Crippen molar-refractivity contribution >= 4 is 0 Å². The van der Waals surface area contributed by atoms with Crippen molar-refractivity contribution in [3.05, 3.63) is 12.7 Å². The molecule has 3 atom stereocenters. The predicted molar refractivity (Wildman–Crippen MR) is 44.3 cm³/mol. The van der Waals surface area contributed by atoms with Crippen LogP contribution in [0.4, 0.5) is 0 Å². The number of hydrogen-bond acceptors (Lipinski definition) is 2. The summed E-state index contributed by atoms with van der Waals surface area (Å²) < 4.78 is 5.48. The van der Waals surface area contributed by atoms with Crippen LogP contribution in [-0.4, -0.2) is 24.4 Å². The molecule has 0 radical (unpaired) electrons. The maximum absolute atomic E-state index is 8.97. The van der Waals surface area contributed by atoms with Crippen LogP contribution in [0, 0.1) is 11.8 Å². The van der Waals surface area contributed by atoms with E-state index in [-0.39, 0.29) is 12.7 Å². The lowest BCUT2D eigenvalue weighted by Gasteiger charge is -2.20. The van der Waals surface area contributed by atoms with E-state index >= 15 is 0 Å². The van der Waals surface area contributed by atoms with Gasteiger partial charge < -0.3 is 9.84 Å². The van der Waals surface area contributed by atoms with Crippen LogP contribution in [0.15, 0.2) is 12.7 Å². The normalized spacial score (nSPS) is 33.6. The van der Waals surface area contributed by atoms with Crippen molar-refractivity contribution in [2.24, 2.45) is 11.8 Å². The molecule has 1 N–H and O–H groups in total. The third kappa shape index (κ3) is 1.82. The minimum Gasteiger partial charge on any atom is -0.396 e. The molecule has 1 fully saturated rings. The molecule has 0 bridgehead atoms. The SMILES string of the molecule is C=CC(C)[C@@H]1OCC[C@H]1CO. The zero-order valence-corrected chi connectivity index (χ0v) is 6.99. The summed E-state index contributed by atoms with van der Waals surface area (Å²) in [5.74, 6) is 0.678. The third-order valence-electron chi connectivity index (χ3n) is 2.39. The fourth-order valence-corrected chi connectivity index (χ4v) is 1.57. The maximum Gasteiger partial charge on any atom is 0.0685 e. The first-order chi connectivity index (χ1) is 5.29. The summed E-state index contributed by atoms with van der Waals surface area (Å²) in [6.45, 7) is 6.81. The van der Waals surface area contributed by atoms with E-state index in [1.807, 2.05) is 6.08 Å². The van der Waals surface area contributed by atoms with Crippen molar-refractivity contribution in [2.45, 2.75) is 19.4 Å². The Bertz CT molecular complexity index is 134. The molecule has 0 aliphatic carbocycles. The molecule has 1 unspecified atom stereocenters. The van der Waals surface area contributed by atoms with Gasteiger partial charge in [-0.25, -0.2) is 0 Å². The Labute approximate surface area is 67.9 Å². The molecule has 1 rings (SSSR count). The van der Waals surface area contributed by atoms with Gasteiger partial charge in [0.2, 0.25) is 0 Å². The standard InChI is InChI=1S/C9H16O2/c1-3-7(2)9-8(6-10)4-5-11-9/h3,7-10H,1,4-6H2,2H3/t7?,8-,9-/m0/s1. The highest BCUT2D eigenvalue weighted by Crippen LogP contribution is 2.26. The lowest BCUT2D eigenvalue weighted by atomic mass is 9.93. The molecule has 2 nitrogen and oxygen atoms in total. The van der Waals surface area contributed by atoms with E-state index in [2.05, 4.69) is 13.5 Å².